The van der Waals surface area contributed by atoms with Gasteiger partial charge in [-0.2, -0.15) is 13.2 Å². The topological polar surface area (TPSA) is 32.3 Å². The van der Waals surface area contributed by atoms with Crippen molar-refractivity contribution in [2.45, 2.75) is 19.3 Å². The lowest BCUT2D eigenvalue weighted by atomic mass is 10.1. The average molecular weight is 281 g/mol. The molecule has 5 heteroatoms. The highest BCUT2D eigenvalue weighted by Crippen LogP contribution is 2.29. The lowest BCUT2D eigenvalue weighted by molar-refractivity contribution is -0.137. The lowest BCUT2D eigenvalue weighted by Crippen LogP contribution is -2.13. The van der Waals surface area contributed by atoms with Crippen LogP contribution >= 0.6 is 0 Å². The molecular weight excluding hydrogens is 267 g/mol. The van der Waals surface area contributed by atoms with E-state index in [2.05, 4.69) is 5.32 Å². The Balaban J connectivity index is 1.87. The molecule has 0 aliphatic carbocycles. The fourth-order valence-corrected chi connectivity index (χ4v) is 1.78. The van der Waals surface area contributed by atoms with E-state index in [1.165, 1.54) is 12.1 Å². The monoisotopic (exact) mass is 281 g/mol. The normalized spacial score (nSPS) is 11.6. The molecule has 0 aliphatic rings. The molecule has 2 nitrogen and oxygen atoms in total. The molecule has 2 aromatic carbocycles. The van der Waals surface area contributed by atoms with Crippen LogP contribution in [-0.4, -0.2) is 5.11 Å². The van der Waals surface area contributed by atoms with E-state index in [0.717, 1.165) is 23.3 Å². The van der Waals surface area contributed by atoms with Crippen molar-refractivity contribution in [3.8, 4) is 5.75 Å². The van der Waals surface area contributed by atoms with E-state index in [1.807, 2.05) is 0 Å². The molecule has 0 spiro atoms. The molecule has 106 valence electrons. The van der Waals surface area contributed by atoms with Gasteiger partial charge in [-0.3, -0.25) is 0 Å². The van der Waals surface area contributed by atoms with E-state index < -0.39 is 11.7 Å². The molecule has 0 radical (unpaired) electrons. The van der Waals surface area contributed by atoms with Gasteiger partial charge in [-0.15, -0.1) is 0 Å². The van der Waals surface area contributed by atoms with E-state index in [9.17, 15) is 13.2 Å². The summed E-state index contributed by atoms with van der Waals surface area (Å²) in [7, 11) is 0. The van der Waals surface area contributed by atoms with Crippen LogP contribution in [0.2, 0.25) is 0 Å². The minimum Gasteiger partial charge on any atom is -0.508 e. The summed E-state index contributed by atoms with van der Waals surface area (Å²) in [6.45, 7) is 1.07. The molecule has 20 heavy (non-hydrogen) atoms. The Morgan fingerprint density at radius 1 is 0.800 bits per heavy atom. The van der Waals surface area contributed by atoms with Crippen LogP contribution in [0.1, 0.15) is 16.7 Å². The molecule has 0 bridgehead atoms. The first-order chi connectivity index (χ1) is 9.45. The summed E-state index contributed by atoms with van der Waals surface area (Å²) < 4.78 is 37.2. The van der Waals surface area contributed by atoms with Crippen molar-refractivity contribution in [2.75, 3.05) is 0 Å². The van der Waals surface area contributed by atoms with Crippen molar-refractivity contribution in [3.05, 3.63) is 65.2 Å². The Labute approximate surface area is 114 Å². The molecule has 0 fully saturated rings. The van der Waals surface area contributed by atoms with Gasteiger partial charge in [0.1, 0.15) is 5.75 Å². The summed E-state index contributed by atoms with van der Waals surface area (Å²) in [6.07, 6.45) is -4.29. The second-order valence-electron chi connectivity index (χ2n) is 4.46. The van der Waals surface area contributed by atoms with Crippen molar-refractivity contribution < 1.29 is 18.3 Å². The zero-order chi connectivity index (χ0) is 14.6. The average Bonchev–Trinajstić information content (AvgIpc) is 2.41. The molecule has 0 atom stereocenters. The van der Waals surface area contributed by atoms with Crippen LogP contribution in [0.15, 0.2) is 48.5 Å². The van der Waals surface area contributed by atoms with Gasteiger partial charge in [-0.1, -0.05) is 24.3 Å². The molecule has 0 aromatic heterocycles. The predicted molar refractivity (Wildman–Crippen MR) is 70.1 cm³/mol. The fourth-order valence-electron chi connectivity index (χ4n) is 1.78. The Hall–Kier alpha value is -2.01. The highest BCUT2D eigenvalue weighted by Gasteiger charge is 2.29. The molecule has 2 aromatic rings. The van der Waals surface area contributed by atoms with E-state index in [4.69, 9.17) is 5.11 Å². The first-order valence-corrected chi connectivity index (χ1v) is 6.10. The summed E-state index contributed by atoms with van der Waals surface area (Å²) in [4.78, 5) is 0. The third kappa shape index (κ3) is 3.99. The number of phenolic OH excluding ortho intramolecular Hbond substituents is 1. The Kier molecular flexibility index (Phi) is 4.29. The van der Waals surface area contributed by atoms with Gasteiger partial charge in [0, 0.05) is 13.1 Å². The third-order valence-electron chi connectivity index (χ3n) is 2.88. The smallest absolute Gasteiger partial charge is 0.416 e. The number of alkyl halides is 3. The second-order valence-corrected chi connectivity index (χ2v) is 4.46. The quantitative estimate of drug-likeness (QED) is 0.895. The number of hydrogen-bond acceptors (Lipinski definition) is 2. The van der Waals surface area contributed by atoms with Crippen LogP contribution in [0.25, 0.3) is 0 Å². The minimum absolute atomic E-state index is 0.205. The molecule has 2 N–H and O–H groups in total. The fraction of sp³-hybridized carbons (Fsp3) is 0.200. The Morgan fingerprint density at radius 2 is 1.25 bits per heavy atom. The molecule has 0 aliphatic heterocycles. The van der Waals surface area contributed by atoms with E-state index in [1.54, 1.807) is 24.3 Å². The van der Waals surface area contributed by atoms with Crippen molar-refractivity contribution in [3.63, 3.8) is 0 Å². The largest absolute Gasteiger partial charge is 0.508 e. The first-order valence-electron chi connectivity index (χ1n) is 6.10. The summed E-state index contributed by atoms with van der Waals surface area (Å²) in [5, 5.41) is 12.3. The zero-order valence-corrected chi connectivity index (χ0v) is 10.6. The lowest BCUT2D eigenvalue weighted by Gasteiger charge is -2.08. The van der Waals surface area contributed by atoms with Crippen LogP contribution in [-0.2, 0) is 19.3 Å². The Morgan fingerprint density at radius 3 is 1.70 bits per heavy atom. The SMILES string of the molecule is Oc1ccc(CNCc2ccc(C(F)(F)F)cc2)cc1. The number of aromatic hydroxyl groups is 1. The van der Waals surface area contributed by atoms with Gasteiger partial charge < -0.3 is 10.4 Å². The highest BCUT2D eigenvalue weighted by atomic mass is 19.4. The van der Waals surface area contributed by atoms with Crippen LogP contribution in [0.3, 0.4) is 0 Å². The molecule has 0 heterocycles. The molecule has 0 amide bonds. The molecule has 0 saturated carbocycles. The number of halogens is 3. The van der Waals surface area contributed by atoms with E-state index in [0.29, 0.717) is 13.1 Å². The van der Waals surface area contributed by atoms with Crippen LogP contribution in [0.5, 0.6) is 5.75 Å². The van der Waals surface area contributed by atoms with Crippen LogP contribution in [0.4, 0.5) is 13.2 Å². The first kappa shape index (κ1) is 14.4. The Bertz CT molecular complexity index is 547. The van der Waals surface area contributed by atoms with Gasteiger partial charge in [0.2, 0.25) is 0 Å². The third-order valence-corrected chi connectivity index (χ3v) is 2.88. The number of hydrogen-bond donors (Lipinski definition) is 2. The standard InChI is InChI=1S/C15H14F3NO/c16-15(17,18)13-5-1-11(2-6-13)9-19-10-12-3-7-14(20)8-4-12/h1-8,19-20H,9-10H2. The van der Waals surface area contributed by atoms with Crippen molar-refractivity contribution in [1.82, 2.24) is 5.32 Å². The molecule has 0 saturated heterocycles. The summed E-state index contributed by atoms with van der Waals surface area (Å²) in [5.74, 6) is 0.205. The molecule has 0 unspecified atom stereocenters. The van der Waals surface area contributed by atoms with Crippen LogP contribution < -0.4 is 5.32 Å². The van der Waals surface area contributed by atoms with Crippen LogP contribution in [0, 0.1) is 0 Å². The summed E-state index contributed by atoms with van der Waals surface area (Å²) >= 11 is 0. The highest BCUT2D eigenvalue weighted by molar-refractivity contribution is 5.26. The van der Waals surface area contributed by atoms with Crippen molar-refractivity contribution in [2.24, 2.45) is 0 Å². The number of benzene rings is 2. The van der Waals surface area contributed by atoms with Gasteiger partial charge in [-0.05, 0) is 35.4 Å². The summed E-state index contributed by atoms with van der Waals surface area (Å²) in [5.41, 5.74) is 1.14. The second kappa shape index (κ2) is 5.96. The van der Waals surface area contributed by atoms with Gasteiger partial charge in [0.15, 0.2) is 0 Å². The zero-order valence-electron chi connectivity index (χ0n) is 10.6. The molecular formula is C15H14F3NO. The van der Waals surface area contributed by atoms with Gasteiger partial charge in [0.25, 0.3) is 0 Å². The maximum absolute atomic E-state index is 12.4. The predicted octanol–water partition coefficient (Wildman–Crippen LogP) is 3.70. The number of nitrogens with one attached hydrogen (secondary N) is 1. The van der Waals surface area contributed by atoms with E-state index in [-0.39, 0.29) is 5.75 Å². The van der Waals surface area contributed by atoms with Gasteiger partial charge >= 0.3 is 6.18 Å². The minimum atomic E-state index is -4.29. The van der Waals surface area contributed by atoms with E-state index >= 15 is 0 Å². The summed E-state index contributed by atoms with van der Waals surface area (Å²) in [6, 6.07) is 11.9. The number of rotatable bonds is 4. The van der Waals surface area contributed by atoms with Crippen molar-refractivity contribution in [1.29, 1.82) is 0 Å². The number of phenols is 1. The maximum Gasteiger partial charge on any atom is 0.416 e. The van der Waals surface area contributed by atoms with Gasteiger partial charge in [-0.25, -0.2) is 0 Å². The van der Waals surface area contributed by atoms with Crippen molar-refractivity contribution >= 4 is 0 Å². The molecule has 2 rings (SSSR count). The van der Waals surface area contributed by atoms with Gasteiger partial charge in [0.05, 0.1) is 5.56 Å². The maximum atomic E-state index is 12.4.